The van der Waals surface area contributed by atoms with Gasteiger partial charge in [-0.05, 0) is 82.7 Å². The lowest BCUT2D eigenvalue weighted by atomic mass is 9.88. The standard InChI is InChI=1S/C30H37N3O4S/c1-7-21-14-16-22(17-15-21)26(27(34)32-25-19(2)10-8-11-20(25)3)33(23-12-9-13-23)28(35)24(18-38)31-29(36)37-30(4,5)6/h1,8,10-11,14-17,23-24,26,38H,9,12-13,18H2,2-6H3,(H,31,36)(H,32,34). The summed E-state index contributed by atoms with van der Waals surface area (Å²) in [5.41, 5.74) is 3.12. The Bertz CT molecular complexity index is 1190. The molecule has 1 aliphatic rings. The zero-order valence-corrected chi connectivity index (χ0v) is 23.6. The van der Waals surface area contributed by atoms with Crippen LogP contribution in [0.1, 0.15) is 68.3 Å². The SMILES string of the molecule is C#Cc1ccc(C(C(=O)Nc2c(C)cccc2C)N(C(=O)C(CS)NC(=O)OC(C)(C)C)C2CCC2)cc1. The van der Waals surface area contributed by atoms with Crippen LogP contribution >= 0.6 is 12.6 Å². The third-order valence-electron chi connectivity index (χ3n) is 6.54. The Balaban J connectivity index is 2.02. The van der Waals surface area contributed by atoms with Crippen LogP contribution in [0.4, 0.5) is 10.5 Å². The average molecular weight is 536 g/mol. The highest BCUT2D eigenvalue weighted by atomic mass is 32.1. The number of anilines is 1. The van der Waals surface area contributed by atoms with Crippen LogP contribution in [0.25, 0.3) is 0 Å². The maximum Gasteiger partial charge on any atom is 0.408 e. The Morgan fingerprint density at radius 2 is 1.71 bits per heavy atom. The van der Waals surface area contributed by atoms with Gasteiger partial charge < -0.3 is 20.3 Å². The molecule has 8 heteroatoms. The van der Waals surface area contributed by atoms with Gasteiger partial charge >= 0.3 is 6.09 Å². The van der Waals surface area contributed by atoms with Gasteiger partial charge in [0.1, 0.15) is 17.7 Å². The van der Waals surface area contributed by atoms with Gasteiger partial charge in [-0.15, -0.1) is 6.42 Å². The number of amides is 3. The van der Waals surface area contributed by atoms with Crippen LogP contribution in [0, 0.1) is 26.2 Å². The number of nitrogens with zero attached hydrogens (tertiary/aromatic N) is 1. The van der Waals surface area contributed by atoms with Crippen molar-refractivity contribution in [2.24, 2.45) is 0 Å². The number of rotatable bonds is 8. The molecule has 2 unspecified atom stereocenters. The number of nitrogens with one attached hydrogen (secondary N) is 2. The van der Waals surface area contributed by atoms with E-state index < -0.39 is 29.7 Å². The quantitative estimate of drug-likeness (QED) is 0.322. The summed E-state index contributed by atoms with van der Waals surface area (Å²) < 4.78 is 5.37. The van der Waals surface area contributed by atoms with Gasteiger partial charge in [0.15, 0.2) is 0 Å². The largest absolute Gasteiger partial charge is 0.444 e. The first-order valence-electron chi connectivity index (χ1n) is 12.8. The molecule has 2 aromatic carbocycles. The number of para-hydroxylation sites is 1. The monoisotopic (exact) mass is 535 g/mol. The van der Waals surface area contributed by atoms with Crippen LogP contribution in [-0.2, 0) is 14.3 Å². The van der Waals surface area contributed by atoms with Crippen molar-refractivity contribution in [3.8, 4) is 12.3 Å². The van der Waals surface area contributed by atoms with E-state index in [1.54, 1.807) is 49.9 Å². The van der Waals surface area contributed by atoms with E-state index in [1.807, 2.05) is 32.0 Å². The molecule has 38 heavy (non-hydrogen) atoms. The smallest absolute Gasteiger partial charge is 0.408 e. The summed E-state index contributed by atoms with van der Waals surface area (Å²) in [5, 5.41) is 5.72. The Hall–Kier alpha value is -3.44. The van der Waals surface area contributed by atoms with Gasteiger partial charge in [0.2, 0.25) is 5.91 Å². The highest BCUT2D eigenvalue weighted by molar-refractivity contribution is 7.80. The van der Waals surface area contributed by atoms with Gasteiger partial charge in [-0.1, -0.05) is 36.3 Å². The van der Waals surface area contributed by atoms with Crippen LogP contribution in [-0.4, -0.2) is 46.2 Å². The van der Waals surface area contributed by atoms with E-state index in [2.05, 4.69) is 29.2 Å². The molecule has 0 heterocycles. The summed E-state index contributed by atoms with van der Waals surface area (Å²) in [4.78, 5) is 42.2. The zero-order chi connectivity index (χ0) is 28.0. The van der Waals surface area contributed by atoms with Gasteiger partial charge in [-0.2, -0.15) is 12.6 Å². The van der Waals surface area contributed by atoms with Crippen molar-refractivity contribution < 1.29 is 19.1 Å². The van der Waals surface area contributed by atoms with Crippen LogP contribution < -0.4 is 10.6 Å². The fraction of sp³-hybridized carbons (Fsp3) is 0.433. The summed E-state index contributed by atoms with van der Waals surface area (Å²) in [5.74, 6) is 1.90. The maximum absolute atomic E-state index is 14.0. The molecular weight excluding hydrogens is 498 g/mol. The van der Waals surface area contributed by atoms with Crippen LogP contribution in [0.15, 0.2) is 42.5 Å². The first-order valence-corrected chi connectivity index (χ1v) is 13.4. The lowest BCUT2D eigenvalue weighted by Gasteiger charge is -2.43. The second-order valence-corrected chi connectivity index (χ2v) is 11.0. The number of ether oxygens (including phenoxy) is 1. The zero-order valence-electron chi connectivity index (χ0n) is 22.7. The minimum Gasteiger partial charge on any atom is -0.444 e. The number of thiol groups is 1. The first-order chi connectivity index (χ1) is 17.9. The third-order valence-corrected chi connectivity index (χ3v) is 6.91. The molecule has 1 saturated carbocycles. The highest BCUT2D eigenvalue weighted by Gasteiger charge is 2.42. The van der Waals surface area contributed by atoms with E-state index in [0.29, 0.717) is 16.8 Å². The molecule has 2 N–H and O–H groups in total. The van der Waals surface area contributed by atoms with Gasteiger partial charge in [0.05, 0.1) is 0 Å². The molecule has 3 amide bonds. The van der Waals surface area contributed by atoms with Gasteiger partial charge in [-0.25, -0.2) is 4.79 Å². The molecule has 2 atom stereocenters. The number of carbonyl (C=O) groups excluding carboxylic acids is 3. The van der Waals surface area contributed by atoms with E-state index in [1.165, 1.54) is 0 Å². The fourth-order valence-electron chi connectivity index (χ4n) is 4.40. The number of hydrogen-bond donors (Lipinski definition) is 3. The van der Waals surface area contributed by atoms with Crippen molar-refractivity contribution in [2.75, 3.05) is 11.1 Å². The molecule has 7 nitrogen and oxygen atoms in total. The molecule has 1 aliphatic carbocycles. The molecule has 0 saturated heterocycles. The number of benzene rings is 2. The number of carbonyl (C=O) groups is 3. The van der Waals surface area contributed by atoms with Gasteiger partial charge in [0.25, 0.3) is 5.91 Å². The molecule has 3 rings (SSSR count). The van der Waals surface area contributed by atoms with E-state index in [0.717, 1.165) is 30.4 Å². The minimum absolute atomic E-state index is 0.0442. The second kappa shape index (κ2) is 12.4. The predicted molar refractivity (Wildman–Crippen MR) is 153 cm³/mol. The molecule has 2 aromatic rings. The maximum atomic E-state index is 14.0. The Kier molecular flexibility index (Phi) is 9.50. The van der Waals surface area contributed by atoms with Crippen molar-refractivity contribution in [1.82, 2.24) is 10.2 Å². The van der Waals surface area contributed by atoms with Crippen LogP contribution in [0.3, 0.4) is 0 Å². The Morgan fingerprint density at radius 1 is 1.11 bits per heavy atom. The number of hydrogen-bond acceptors (Lipinski definition) is 5. The average Bonchev–Trinajstić information content (AvgIpc) is 2.82. The summed E-state index contributed by atoms with van der Waals surface area (Å²) in [6.45, 7) is 9.10. The van der Waals surface area contributed by atoms with Crippen LogP contribution in [0.5, 0.6) is 0 Å². The lowest BCUT2D eigenvalue weighted by molar-refractivity contribution is -0.145. The van der Waals surface area contributed by atoms with Crippen LogP contribution in [0.2, 0.25) is 0 Å². The second-order valence-electron chi connectivity index (χ2n) is 10.6. The number of terminal acetylenes is 1. The van der Waals surface area contributed by atoms with Crippen molar-refractivity contribution in [3.05, 3.63) is 64.7 Å². The number of aryl methyl sites for hydroxylation is 2. The van der Waals surface area contributed by atoms with E-state index in [-0.39, 0.29) is 17.7 Å². The van der Waals surface area contributed by atoms with Crippen molar-refractivity contribution in [3.63, 3.8) is 0 Å². The van der Waals surface area contributed by atoms with Crippen molar-refractivity contribution >= 4 is 36.2 Å². The van der Waals surface area contributed by atoms with Gasteiger partial charge in [0, 0.05) is 23.0 Å². The van der Waals surface area contributed by atoms with Crippen molar-refractivity contribution in [1.29, 1.82) is 0 Å². The molecule has 0 aliphatic heterocycles. The Morgan fingerprint density at radius 3 is 2.18 bits per heavy atom. The van der Waals surface area contributed by atoms with E-state index >= 15 is 0 Å². The first kappa shape index (κ1) is 29.1. The van der Waals surface area contributed by atoms with Gasteiger partial charge in [-0.3, -0.25) is 9.59 Å². The summed E-state index contributed by atoms with van der Waals surface area (Å²) in [6.07, 6.45) is 7.30. The normalized spacial score (nSPS) is 14.9. The molecular formula is C30H37N3O4S. The molecule has 202 valence electrons. The minimum atomic E-state index is -0.978. The molecule has 0 radical (unpaired) electrons. The molecule has 1 fully saturated rings. The molecule has 0 spiro atoms. The molecule has 0 aromatic heterocycles. The summed E-state index contributed by atoms with van der Waals surface area (Å²) in [6, 6.07) is 10.8. The Labute approximate surface area is 231 Å². The molecule has 0 bridgehead atoms. The topological polar surface area (TPSA) is 87.7 Å². The lowest BCUT2D eigenvalue weighted by Crippen LogP contribution is -2.57. The summed E-state index contributed by atoms with van der Waals surface area (Å²) in [7, 11) is 0. The fourth-order valence-corrected chi connectivity index (χ4v) is 4.65. The summed E-state index contributed by atoms with van der Waals surface area (Å²) >= 11 is 4.35. The highest BCUT2D eigenvalue weighted by Crippen LogP contribution is 2.35. The van der Waals surface area contributed by atoms with Crippen molar-refractivity contribution in [2.45, 2.75) is 77.6 Å². The van der Waals surface area contributed by atoms with E-state index in [4.69, 9.17) is 11.2 Å². The third kappa shape index (κ3) is 7.11. The van der Waals surface area contributed by atoms with E-state index in [9.17, 15) is 14.4 Å². The predicted octanol–water partition coefficient (Wildman–Crippen LogP) is 5.17. The number of alkyl carbamates (subject to hydrolysis) is 1.